The van der Waals surface area contributed by atoms with Gasteiger partial charge in [-0.2, -0.15) is 0 Å². The highest BCUT2D eigenvalue weighted by molar-refractivity contribution is 8.13. The minimum absolute atomic E-state index is 0.169. The quantitative estimate of drug-likeness (QED) is 0.151. The number of rotatable bonds is 7. The molecule has 0 radical (unpaired) electrons. The van der Waals surface area contributed by atoms with Gasteiger partial charge >= 0.3 is 6.36 Å². The summed E-state index contributed by atoms with van der Waals surface area (Å²) in [6.45, 7) is 2.99. The third kappa shape index (κ3) is 8.32. The molecule has 0 aliphatic rings. The standard InChI is InChI=1S/C29H25F3N2O2S/c1-21-7-5-12-27(17-21)37-28(33-24-13-15-26(16-14-24)36-29(30,31)32)34(19-22-8-3-2-4-9-22)20-23-10-6-11-25(35)18-23/h2-18,35H,19-20H2,1H3. The summed E-state index contributed by atoms with van der Waals surface area (Å²) in [5.74, 6) is -0.137. The number of phenols is 1. The van der Waals surface area contributed by atoms with E-state index < -0.39 is 6.36 Å². The Kier molecular flexibility index (Phi) is 8.40. The van der Waals surface area contributed by atoms with Crippen LogP contribution in [-0.2, 0) is 13.1 Å². The van der Waals surface area contributed by atoms with Crippen LogP contribution in [0.2, 0.25) is 0 Å². The highest BCUT2D eigenvalue weighted by Crippen LogP contribution is 2.30. The lowest BCUT2D eigenvalue weighted by molar-refractivity contribution is -0.274. The predicted molar refractivity (Wildman–Crippen MR) is 141 cm³/mol. The van der Waals surface area contributed by atoms with Crippen molar-refractivity contribution in [3.05, 3.63) is 120 Å². The van der Waals surface area contributed by atoms with Gasteiger partial charge in [0.1, 0.15) is 11.5 Å². The molecule has 1 N–H and O–H groups in total. The second-order valence-corrected chi connectivity index (χ2v) is 9.41. The molecule has 0 aliphatic carbocycles. The molecule has 0 heterocycles. The molecule has 0 aliphatic heterocycles. The van der Waals surface area contributed by atoms with Crippen LogP contribution in [0.25, 0.3) is 0 Å². The van der Waals surface area contributed by atoms with Gasteiger partial charge in [-0.05, 0) is 66.6 Å². The fourth-order valence-electron chi connectivity index (χ4n) is 3.65. The third-order valence-electron chi connectivity index (χ3n) is 5.26. The van der Waals surface area contributed by atoms with E-state index in [4.69, 9.17) is 4.99 Å². The number of benzene rings is 4. The number of phenolic OH excluding ortho intramolecular Hbond substituents is 1. The largest absolute Gasteiger partial charge is 0.573 e. The van der Waals surface area contributed by atoms with Crippen molar-refractivity contribution in [2.24, 2.45) is 4.99 Å². The molecule has 0 unspecified atom stereocenters. The van der Waals surface area contributed by atoms with E-state index in [9.17, 15) is 18.3 Å². The maximum absolute atomic E-state index is 12.6. The smallest absolute Gasteiger partial charge is 0.508 e. The highest BCUT2D eigenvalue weighted by Gasteiger charge is 2.31. The van der Waals surface area contributed by atoms with Gasteiger partial charge in [0.2, 0.25) is 0 Å². The molecule has 37 heavy (non-hydrogen) atoms. The fraction of sp³-hybridized carbons (Fsp3) is 0.138. The topological polar surface area (TPSA) is 45.1 Å². The molecule has 4 aromatic carbocycles. The van der Waals surface area contributed by atoms with Crippen molar-refractivity contribution in [3.8, 4) is 11.5 Å². The molecule has 4 rings (SSSR count). The molecule has 0 amide bonds. The van der Waals surface area contributed by atoms with E-state index in [1.165, 1.54) is 36.0 Å². The first-order valence-corrected chi connectivity index (χ1v) is 12.3. The zero-order chi connectivity index (χ0) is 26.3. The Labute approximate surface area is 218 Å². The Morgan fingerprint density at radius 1 is 0.838 bits per heavy atom. The van der Waals surface area contributed by atoms with E-state index in [1.54, 1.807) is 18.2 Å². The number of hydrogen-bond acceptors (Lipinski definition) is 4. The van der Waals surface area contributed by atoms with Gasteiger partial charge in [-0.1, -0.05) is 71.9 Å². The van der Waals surface area contributed by atoms with Crippen molar-refractivity contribution in [2.45, 2.75) is 31.3 Å². The van der Waals surface area contributed by atoms with Crippen LogP contribution in [0.1, 0.15) is 16.7 Å². The molecule has 0 saturated heterocycles. The van der Waals surface area contributed by atoms with E-state index >= 15 is 0 Å². The van der Waals surface area contributed by atoms with Crippen LogP contribution in [0.3, 0.4) is 0 Å². The minimum Gasteiger partial charge on any atom is -0.508 e. The Morgan fingerprint density at radius 3 is 2.19 bits per heavy atom. The molecular formula is C29H25F3N2O2S. The van der Waals surface area contributed by atoms with Crippen molar-refractivity contribution in [3.63, 3.8) is 0 Å². The van der Waals surface area contributed by atoms with Gasteiger partial charge < -0.3 is 14.7 Å². The second-order valence-electron chi connectivity index (χ2n) is 8.37. The lowest BCUT2D eigenvalue weighted by atomic mass is 10.1. The van der Waals surface area contributed by atoms with E-state index in [2.05, 4.69) is 15.7 Å². The van der Waals surface area contributed by atoms with Crippen molar-refractivity contribution in [1.29, 1.82) is 0 Å². The van der Waals surface area contributed by atoms with E-state index in [0.29, 0.717) is 23.9 Å². The van der Waals surface area contributed by atoms with Gasteiger partial charge in [0.25, 0.3) is 0 Å². The number of thioether (sulfide) groups is 1. The Hall–Kier alpha value is -3.91. The summed E-state index contributed by atoms with van der Waals surface area (Å²) >= 11 is 1.46. The molecular weight excluding hydrogens is 497 g/mol. The molecule has 0 fully saturated rings. The summed E-state index contributed by atoms with van der Waals surface area (Å²) in [7, 11) is 0. The van der Waals surface area contributed by atoms with Crippen LogP contribution in [0, 0.1) is 6.92 Å². The van der Waals surface area contributed by atoms with Crippen LogP contribution in [0.15, 0.2) is 113 Å². The Bertz CT molecular complexity index is 1340. The van der Waals surface area contributed by atoms with E-state index in [-0.39, 0.29) is 11.5 Å². The number of amidine groups is 1. The van der Waals surface area contributed by atoms with Crippen LogP contribution >= 0.6 is 11.8 Å². The number of aliphatic imine (C=N–C) groups is 1. The monoisotopic (exact) mass is 522 g/mol. The summed E-state index contributed by atoms with van der Waals surface area (Å²) in [5, 5.41) is 10.7. The fourth-order valence-corrected chi connectivity index (χ4v) is 4.66. The van der Waals surface area contributed by atoms with Gasteiger partial charge in [0.05, 0.1) is 5.69 Å². The summed E-state index contributed by atoms with van der Waals surface area (Å²) in [6.07, 6.45) is -4.76. The maximum Gasteiger partial charge on any atom is 0.573 e. The molecule has 0 aromatic heterocycles. The maximum atomic E-state index is 12.6. The van der Waals surface area contributed by atoms with Gasteiger partial charge in [-0.15, -0.1) is 13.2 Å². The van der Waals surface area contributed by atoms with Crippen LogP contribution < -0.4 is 4.74 Å². The average Bonchev–Trinajstić information content (AvgIpc) is 2.84. The number of hydrogen-bond donors (Lipinski definition) is 1. The van der Waals surface area contributed by atoms with Crippen molar-refractivity contribution >= 4 is 22.6 Å². The third-order valence-corrected chi connectivity index (χ3v) is 6.29. The lowest BCUT2D eigenvalue weighted by Gasteiger charge is -2.26. The number of alkyl halides is 3. The number of nitrogens with zero attached hydrogens (tertiary/aromatic N) is 2. The first-order valence-electron chi connectivity index (χ1n) is 11.5. The molecule has 0 bridgehead atoms. The normalized spacial score (nSPS) is 11.8. The molecule has 0 saturated carbocycles. The number of aromatic hydroxyl groups is 1. The SMILES string of the molecule is Cc1cccc(SC(=Nc2ccc(OC(F)(F)F)cc2)N(Cc2ccccc2)Cc2cccc(O)c2)c1. The molecule has 8 heteroatoms. The molecule has 0 spiro atoms. The summed E-state index contributed by atoms with van der Waals surface area (Å²) in [5.41, 5.74) is 3.54. The first kappa shape index (κ1) is 26.2. The Balaban J connectivity index is 1.73. The van der Waals surface area contributed by atoms with Gasteiger partial charge in [0, 0.05) is 18.0 Å². The van der Waals surface area contributed by atoms with Crippen molar-refractivity contribution in [2.75, 3.05) is 0 Å². The molecule has 190 valence electrons. The zero-order valence-corrected chi connectivity index (χ0v) is 20.8. The highest BCUT2D eigenvalue weighted by atomic mass is 32.2. The average molecular weight is 523 g/mol. The second kappa shape index (κ2) is 11.9. The van der Waals surface area contributed by atoms with Gasteiger partial charge in [-0.25, -0.2) is 4.99 Å². The molecule has 4 nitrogen and oxygen atoms in total. The molecule has 0 atom stereocenters. The number of halogens is 3. The van der Waals surface area contributed by atoms with Gasteiger partial charge in [0.15, 0.2) is 5.17 Å². The van der Waals surface area contributed by atoms with Crippen LogP contribution in [-0.4, -0.2) is 21.5 Å². The van der Waals surface area contributed by atoms with E-state index in [0.717, 1.165) is 21.6 Å². The van der Waals surface area contributed by atoms with E-state index in [1.807, 2.05) is 61.5 Å². The summed E-state index contributed by atoms with van der Waals surface area (Å²) in [6, 6.07) is 30.5. The minimum atomic E-state index is -4.76. The Morgan fingerprint density at radius 2 is 1.51 bits per heavy atom. The first-order chi connectivity index (χ1) is 17.7. The lowest BCUT2D eigenvalue weighted by Crippen LogP contribution is -2.28. The van der Waals surface area contributed by atoms with Gasteiger partial charge in [-0.3, -0.25) is 0 Å². The van der Waals surface area contributed by atoms with Crippen molar-refractivity contribution < 1.29 is 23.0 Å². The summed E-state index contributed by atoms with van der Waals surface area (Å²) < 4.78 is 41.8. The summed E-state index contributed by atoms with van der Waals surface area (Å²) in [4.78, 5) is 7.90. The van der Waals surface area contributed by atoms with Crippen molar-refractivity contribution in [1.82, 2.24) is 4.90 Å². The zero-order valence-electron chi connectivity index (χ0n) is 20.0. The number of aryl methyl sites for hydroxylation is 1. The predicted octanol–water partition coefficient (Wildman–Crippen LogP) is 8.08. The number of ether oxygens (including phenoxy) is 1. The van der Waals surface area contributed by atoms with Crippen LogP contribution in [0.5, 0.6) is 11.5 Å². The van der Waals surface area contributed by atoms with Crippen LogP contribution in [0.4, 0.5) is 18.9 Å². The molecule has 4 aromatic rings.